The van der Waals surface area contributed by atoms with E-state index in [4.69, 9.17) is 9.94 Å². The fourth-order valence-corrected chi connectivity index (χ4v) is 4.01. The number of hydrogen-bond acceptors (Lipinski definition) is 5. The smallest absolute Gasteiger partial charge is 0.245 e. The number of rotatable bonds is 7. The van der Waals surface area contributed by atoms with Crippen LogP contribution in [-0.2, 0) is 4.79 Å². The molecule has 2 aromatic carbocycles. The van der Waals surface area contributed by atoms with Crippen LogP contribution in [0.1, 0.15) is 37.8 Å². The van der Waals surface area contributed by atoms with Crippen molar-refractivity contribution in [3.8, 4) is 5.75 Å². The zero-order valence-electron chi connectivity index (χ0n) is 14.1. The van der Waals surface area contributed by atoms with Gasteiger partial charge < -0.3 is 9.04 Å². The third-order valence-electron chi connectivity index (χ3n) is 4.12. The van der Waals surface area contributed by atoms with E-state index in [0.29, 0.717) is 0 Å². The molecule has 2 N–H and O–H groups in total. The fraction of sp³-hybridized carbons (Fsp3) is 0.316. The van der Waals surface area contributed by atoms with Crippen LogP contribution in [0.5, 0.6) is 5.75 Å². The van der Waals surface area contributed by atoms with Crippen molar-refractivity contribution in [1.82, 2.24) is 5.48 Å². The van der Waals surface area contributed by atoms with Crippen molar-refractivity contribution in [1.29, 1.82) is 0 Å². The van der Waals surface area contributed by atoms with Crippen LogP contribution >= 0.6 is 11.9 Å². The van der Waals surface area contributed by atoms with Crippen molar-refractivity contribution in [3.05, 3.63) is 54.1 Å². The molecule has 2 aromatic rings. The highest BCUT2D eigenvalue weighted by atomic mass is 32.2. The topological polar surface area (TPSA) is 61.8 Å². The van der Waals surface area contributed by atoms with Gasteiger partial charge in [0.25, 0.3) is 0 Å². The fourth-order valence-electron chi connectivity index (χ4n) is 2.81. The molecule has 0 spiro atoms. The average Bonchev–Trinajstić information content (AvgIpc) is 3.01. The number of hydroxylamine groups is 1. The molecule has 25 heavy (non-hydrogen) atoms. The third kappa shape index (κ3) is 4.08. The molecule has 0 aromatic heterocycles. The minimum absolute atomic E-state index is 0.125. The van der Waals surface area contributed by atoms with Gasteiger partial charge in [0, 0.05) is 10.6 Å². The molecule has 0 fully saturated rings. The molecule has 1 aliphatic rings. The summed E-state index contributed by atoms with van der Waals surface area (Å²) in [5, 5.41) is 8.90. The van der Waals surface area contributed by atoms with Gasteiger partial charge in [-0.05, 0) is 54.3 Å². The first-order chi connectivity index (χ1) is 12.2. The third-order valence-corrected chi connectivity index (χ3v) is 5.35. The molecule has 0 radical (unpaired) electrons. The van der Waals surface area contributed by atoms with Gasteiger partial charge in [-0.1, -0.05) is 31.5 Å². The molecule has 0 saturated carbocycles. The van der Waals surface area contributed by atoms with Crippen molar-refractivity contribution in [2.45, 2.75) is 37.1 Å². The van der Waals surface area contributed by atoms with Crippen molar-refractivity contribution in [3.63, 3.8) is 0 Å². The number of nitrogens with one attached hydrogen (secondary N) is 1. The first kappa shape index (κ1) is 17.6. The molecular formula is C19H22N2O3S. The van der Waals surface area contributed by atoms with Crippen LogP contribution in [-0.4, -0.2) is 17.7 Å². The molecule has 1 atom stereocenters. The number of ether oxygens (including phenoxy) is 1. The van der Waals surface area contributed by atoms with Crippen LogP contribution in [0.4, 0.5) is 5.69 Å². The van der Waals surface area contributed by atoms with Gasteiger partial charge in [0.2, 0.25) is 5.91 Å². The Morgan fingerprint density at radius 1 is 1.24 bits per heavy atom. The second kappa shape index (κ2) is 8.27. The Morgan fingerprint density at radius 2 is 2.00 bits per heavy atom. The number of benzene rings is 2. The number of carbonyl (C=O) groups is 1. The number of anilines is 1. The standard InChI is InChI=1S/C19H22N2O3S/c1-2-3-12-24-15-10-8-14(9-11-15)21-17(13-19(22)20-23)16-6-4-5-7-18(16)25-21/h4-11,17,23H,2-3,12-13H2,1H3,(H,20,22). The Labute approximate surface area is 152 Å². The second-order valence-corrected chi connectivity index (χ2v) is 6.92. The first-order valence-corrected chi connectivity index (χ1v) is 9.22. The summed E-state index contributed by atoms with van der Waals surface area (Å²) in [6.45, 7) is 2.86. The van der Waals surface area contributed by atoms with Gasteiger partial charge in [0.15, 0.2) is 0 Å². The second-order valence-electron chi connectivity index (χ2n) is 5.91. The lowest BCUT2D eigenvalue weighted by atomic mass is 10.0. The number of nitrogens with zero attached hydrogens (tertiary/aromatic N) is 1. The molecule has 5 nitrogen and oxygen atoms in total. The molecule has 1 aliphatic heterocycles. The molecule has 1 unspecified atom stereocenters. The maximum atomic E-state index is 11.7. The zero-order valence-corrected chi connectivity index (χ0v) is 15.0. The number of unbranched alkanes of at least 4 members (excludes halogenated alkanes) is 1. The molecule has 0 bridgehead atoms. The molecular weight excluding hydrogens is 336 g/mol. The first-order valence-electron chi connectivity index (χ1n) is 8.45. The van der Waals surface area contributed by atoms with Crippen molar-refractivity contribution in [2.75, 3.05) is 10.9 Å². The van der Waals surface area contributed by atoms with Gasteiger partial charge in [-0.3, -0.25) is 10.0 Å². The Balaban J connectivity index is 1.79. The molecule has 0 saturated heterocycles. The Kier molecular flexibility index (Phi) is 5.83. The van der Waals surface area contributed by atoms with Crippen LogP contribution in [0.15, 0.2) is 53.4 Å². The van der Waals surface area contributed by atoms with E-state index in [1.807, 2.05) is 48.5 Å². The van der Waals surface area contributed by atoms with Crippen LogP contribution in [0.3, 0.4) is 0 Å². The van der Waals surface area contributed by atoms with Gasteiger partial charge in [-0.2, -0.15) is 0 Å². The van der Waals surface area contributed by atoms with Crippen LogP contribution < -0.4 is 14.5 Å². The molecule has 6 heteroatoms. The highest BCUT2D eigenvalue weighted by Crippen LogP contribution is 2.48. The summed E-state index contributed by atoms with van der Waals surface area (Å²) < 4.78 is 7.82. The minimum Gasteiger partial charge on any atom is -0.494 e. The number of fused-ring (bicyclic) bond motifs is 1. The molecule has 3 rings (SSSR count). The van der Waals surface area contributed by atoms with Crippen molar-refractivity contribution < 1.29 is 14.7 Å². The summed E-state index contributed by atoms with van der Waals surface area (Å²) in [5.41, 5.74) is 3.83. The number of amides is 1. The summed E-state index contributed by atoms with van der Waals surface area (Å²) >= 11 is 1.61. The highest BCUT2D eigenvalue weighted by Gasteiger charge is 2.33. The molecule has 1 heterocycles. The lowest BCUT2D eigenvalue weighted by molar-refractivity contribution is -0.129. The average molecular weight is 358 g/mol. The Bertz CT molecular complexity index is 721. The van der Waals surface area contributed by atoms with Gasteiger partial charge >= 0.3 is 0 Å². The van der Waals surface area contributed by atoms with Crippen LogP contribution in [0.25, 0.3) is 0 Å². The van der Waals surface area contributed by atoms with Crippen molar-refractivity contribution in [2.24, 2.45) is 0 Å². The minimum atomic E-state index is -0.396. The van der Waals surface area contributed by atoms with Crippen molar-refractivity contribution >= 4 is 23.5 Å². The molecule has 132 valence electrons. The van der Waals surface area contributed by atoms with E-state index in [1.54, 1.807) is 17.4 Å². The van der Waals surface area contributed by atoms with E-state index in [9.17, 15) is 4.79 Å². The summed E-state index contributed by atoms with van der Waals surface area (Å²) in [6, 6.07) is 15.8. The Hall–Kier alpha value is -2.18. The van der Waals surface area contributed by atoms with Gasteiger partial charge in [-0.25, -0.2) is 5.48 Å². The number of hydrogen-bond donors (Lipinski definition) is 2. The zero-order chi connectivity index (χ0) is 17.6. The normalized spacial score (nSPS) is 15.8. The Morgan fingerprint density at radius 3 is 2.72 bits per heavy atom. The lowest BCUT2D eigenvalue weighted by Gasteiger charge is -2.25. The highest BCUT2D eigenvalue weighted by molar-refractivity contribution is 8.01. The van der Waals surface area contributed by atoms with E-state index >= 15 is 0 Å². The maximum absolute atomic E-state index is 11.7. The summed E-state index contributed by atoms with van der Waals surface area (Å²) in [5.74, 6) is 0.454. The maximum Gasteiger partial charge on any atom is 0.245 e. The molecule has 0 aliphatic carbocycles. The van der Waals surface area contributed by atoms with Gasteiger partial charge in [0.05, 0.1) is 19.1 Å². The summed E-state index contributed by atoms with van der Waals surface area (Å²) in [6.07, 6.45) is 2.34. The quantitative estimate of drug-likeness (QED) is 0.334. The van der Waals surface area contributed by atoms with Crippen LogP contribution in [0.2, 0.25) is 0 Å². The SMILES string of the molecule is CCCCOc1ccc(N2Sc3ccccc3C2CC(=O)NO)cc1. The van der Waals surface area contributed by atoms with E-state index in [1.165, 1.54) is 0 Å². The largest absolute Gasteiger partial charge is 0.494 e. The van der Waals surface area contributed by atoms with E-state index in [2.05, 4.69) is 11.2 Å². The monoisotopic (exact) mass is 358 g/mol. The lowest BCUT2D eigenvalue weighted by Crippen LogP contribution is -2.26. The number of carbonyl (C=O) groups excluding carboxylic acids is 1. The van der Waals surface area contributed by atoms with Crippen LogP contribution in [0, 0.1) is 0 Å². The van der Waals surface area contributed by atoms with E-state index < -0.39 is 5.91 Å². The van der Waals surface area contributed by atoms with Gasteiger partial charge in [-0.15, -0.1) is 0 Å². The molecule has 1 amide bonds. The predicted octanol–water partition coefficient (Wildman–Crippen LogP) is 4.33. The summed E-state index contributed by atoms with van der Waals surface area (Å²) in [4.78, 5) is 12.9. The van der Waals surface area contributed by atoms with Gasteiger partial charge in [0.1, 0.15) is 5.75 Å². The summed E-state index contributed by atoms with van der Waals surface area (Å²) in [7, 11) is 0. The van der Waals surface area contributed by atoms with E-state index in [0.717, 1.165) is 41.3 Å². The van der Waals surface area contributed by atoms with E-state index in [-0.39, 0.29) is 12.5 Å². The predicted molar refractivity (Wildman–Crippen MR) is 98.9 cm³/mol.